The molecule has 0 heterocycles. The van der Waals surface area contributed by atoms with Gasteiger partial charge in [-0.1, -0.05) is 20.8 Å². The lowest BCUT2D eigenvalue weighted by Crippen LogP contribution is -2.35. The standard InChI is InChI=1S/C13H22O4/c1-8-6-10(7-11(15)16-5)13(3,4)12(8)17-9(2)14/h8,10,12H,6-7H2,1-5H3/t8-,10+,12+/m0/s1. The van der Waals surface area contributed by atoms with E-state index in [-0.39, 0.29) is 35.3 Å². The zero-order valence-corrected chi connectivity index (χ0v) is 11.3. The molecule has 0 aliphatic heterocycles. The van der Waals surface area contributed by atoms with Crippen LogP contribution >= 0.6 is 0 Å². The number of ether oxygens (including phenoxy) is 2. The van der Waals surface area contributed by atoms with Crippen molar-refractivity contribution in [2.75, 3.05) is 7.11 Å². The number of carbonyl (C=O) groups excluding carboxylic acids is 2. The van der Waals surface area contributed by atoms with Gasteiger partial charge in [0.1, 0.15) is 6.10 Å². The van der Waals surface area contributed by atoms with Crippen LogP contribution in [0.5, 0.6) is 0 Å². The molecule has 4 heteroatoms. The first kappa shape index (κ1) is 14.0. The summed E-state index contributed by atoms with van der Waals surface area (Å²) in [4.78, 5) is 22.5. The number of rotatable bonds is 3. The van der Waals surface area contributed by atoms with Gasteiger partial charge in [-0.2, -0.15) is 0 Å². The first-order valence-corrected chi connectivity index (χ1v) is 6.03. The normalized spacial score (nSPS) is 31.0. The highest BCUT2D eigenvalue weighted by Crippen LogP contribution is 2.49. The molecule has 4 nitrogen and oxygen atoms in total. The summed E-state index contributed by atoms with van der Waals surface area (Å²) in [6.07, 6.45) is 1.17. The van der Waals surface area contributed by atoms with Gasteiger partial charge in [-0.3, -0.25) is 9.59 Å². The molecule has 0 aromatic heterocycles. The van der Waals surface area contributed by atoms with Gasteiger partial charge in [0.05, 0.1) is 7.11 Å². The quantitative estimate of drug-likeness (QED) is 0.712. The van der Waals surface area contributed by atoms with Gasteiger partial charge in [0.2, 0.25) is 0 Å². The molecule has 0 N–H and O–H groups in total. The van der Waals surface area contributed by atoms with Crippen LogP contribution in [0.2, 0.25) is 0 Å². The molecule has 1 fully saturated rings. The SMILES string of the molecule is COC(=O)C[C@H]1C[C@H](C)[C@@H](OC(C)=O)C1(C)C. The maximum Gasteiger partial charge on any atom is 0.305 e. The van der Waals surface area contributed by atoms with Crippen molar-refractivity contribution in [3.8, 4) is 0 Å². The van der Waals surface area contributed by atoms with Gasteiger partial charge in [-0.15, -0.1) is 0 Å². The van der Waals surface area contributed by atoms with Crippen molar-refractivity contribution in [1.29, 1.82) is 0 Å². The molecule has 17 heavy (non-hydrogen) atoms. The molecule has 3 atom stereocenters. The summed E-state index contributed by atoms with van der Waals surface area (Å²) >= 11 is 0. The molecule has 98 valence electrons. The van der Waals surface area contributed by atoms with E-state index >= 15 is 0 Å². The van der Waals surface area contributed by atoms with Gasteiger partial charge < -0.3 is 9.47 Å². The highest BCUT2D eigenvalue weighted by atomic mass is 16.5. The van der Waals surface area contributed by atoms with E-state index in [1.807, 2.05) is 0 Å². The summed E-state index contributed by atoms with van der Waals surface area (Å²) in [6.45, 7) is 7.60. The molecule has 1 saturated carbocycles. The smallest absolute Gasteiger partial charge is 0.305 e. The average Bonchev–Trinajstić information content (AvgIpc) is 2.41. The highest BCUT2D eigenvalue weighted by molar-refractivity contribution is 5.69. The number of methoxy groups -OCH3 is 1. The first-order valence-electron chi connectivity index (χ1n) is 6.03. The molecule has 0 saturated heterocycles. The number of hydrogen-bond acceptors (Lipinski definition) is 4. The maximum atomic E-state index is 11.4. The van der Waals surface area contributed by atoms with Crippen molar-refractivity contribution < 1.29 is 19.1 Å². The molecule has 0 spiro atoms. The lowest BCUT2D eigenvalue weighted by molar-refractivity contribution is -0.154. The summed E-state index contributed by atoms with van der Waals surface area (Å²) in [6, 6.07) is 0. The van der Waals surface area contributed by atoms with Gasteiger partial charge in [-0.05, 0) is 18.3 Å². The fraction of sp³-hybridized carbons (Fsp3) is 0.846. The van der Waals surface area contributed by atoms with E-state index in [1.54, 1.807) is 0 Å². The second-order valence-electron chi connectivity index (χ2n) is 5.54. The fourth-order valence-corrected chi connectivity index (χ4v) is 2.92. The minimum Gasteiger partial charge on any atom is -0.469 e. The largest absolute Gasteiger partial charge is 0.469 e. The summed E-state index contributed by atoms with van der Waals surface area (Å²) in [7, 11) is 1.40. The lowest BCUT2D eigenvalue weighted by Gasteiger charge is -2.32. The predicted octanol–water partition coefficient (Wildman–Crippen LogP) is 2.16. The Hall–Kier alpha value is -1.06. The summed E-state index contributed by atoms with van der Waals surface area (Å²) in [5.74, 6) is 0.0326. The van der Waals surface area contributed by atoms with Crippen LogP contribution < -0.4 is 0 Å². The monoisotopic (exact) mass is 242 g/mol. The Morgan fingerprint density at radius 3 is 2.41 bits per heavy atom. The molecule has 0 amide bonds. The first-order chi connectivity index (χ1) is 7.78. The third-order valence-corrected chi connectivity index (χ3v) is 3.89. The van der Waals surface area contributed by atoms with Gasteiger partial charge in [0, 0.05) is 18.8 Å². The van der Waals surface area contributed by atoms with Crippen molar-refractivity contribution in [2.45, 2.75) is 46.6 Å². The highest BCUT2D eigenvalue weighted by Gasteiger charge is 2.49. The molecule has 1 aliphatic carbocycles. The van der Waals surface area contributed by atoms with E-state index in [0.717, 1.165) is 6.42 Å². The molecule has 0 aromatic rings. The van der Waals surface area contributed by atoms with Crippen LogP contribution in [0, 0.1) is 17.3 Å². The van der Waals surface area contributed by atoms with Crippen molar-refractivity contribution in [3.63, 3.8) is 0 Å². The van der Waals surface area contributed by atoms with Crippen LogP contribution in [-0.2, 0) is 19.1 Å². The average molecular weight is 242 g/mol. The van der Waals surface area contributed by atoms with Gasteiger partial charge >= 0.3 is 11.9 Å². The summed E-state index contributed by atoms with van der Waals surface area (Å²) < 4.78 is 10.1. The number of hydrogen-bond donors (Lipinski definition) is 0. The van der Waals surface area contributed by atoms with Crippen LogP contribution in [0.3, 0.4) is 0 Å². The van der Waals surface area contributed by atoms with Crippen LogP contribution in [0.4, 0.5) is 0 Å². The molecule has 0 aromatic carbocycles. The molecular weight excluding hydrogens is 220 g/mol. The number of carbonyl (C=O) groups is 2. The van der Waals surface area contributed by atoms with Crippen molar-refractivity contribution in [2.24, 2.45) is 17.3 Å². The zero-order valence-electron chi connectivity index (χ0n) is 11.3. The van der Waals surface area contributed by atoms with Crippen molar-refractivity contribution >= 4 is 11.9 Å². The van der Waals surface area contributed by atoms with E-state index in [4.69, 9.17) is 9.47 Å². The molecule has 0 radical (unpaired) electrons. The van der Waals surface area contributed by atoms with Crippen LogP contribution in [0.1, 0.15) is 40.5 Å². The van der Waals surface area contributed by atoms with Crippen molar-refractivity contribution in [1.82, 2.24) is 0 Å². The van der Waals surface area contributed by atoms with E-state index in [2.05, 4.69) is 20.8 Å². The van der Waals surface area contributed by atoms with Crippen molar-refractivity contribution in [3.05, 3.63) is 0 Å². The Morgan fingerprint density at radius 2 is 1.94 bits per heavy atom. The van der Waals surface area contributed by atoms with Gasteiger partial charge in [-0.25, -0.2) is 0 Å². The second kappa shape index (κ2) is 5.07. The molecule has 0 unspecified atom stereocenters. The number of esters is 2. The molecular formula is C13H22O4. The van der Waals surface area contributed by atoms with E-state index in [0.29, 0.717) is 6.42 Å². The summed E-state index contributed by atoms with van der Waals surface area (Å²) in [5, 5.41) is 0. The molecule has 1 aliphatic rings. The van der Waals surface area contributed by atoms with E-state index in [9.17, 15) is 9.59 Å². The predicted molar refractivity (Wildman–Crippen MR) is 63.2 cm³/mol. The Labute approximate surface area is 103 Å². The fourth-order valence-electron chi connectivity index (χ4n) is 2.92. The minimum atomic E-state index is -0.256. The van der Waals surface area contributed by atoms with Crippen LogP contribution in [-0.4, -0.2) is 25.2 Å². The van der Waals surface area contributed by atoms with E-state index < -0.39 is 0 Å². The zero-order chi connectivity index (χ0) is 13.2. The van der Waals surface area contributed by atoms with Gasteiger partial charge in [0.15, 0.2) is 0 Å². The summed E-state index contributed by atoms with van der Waals surface area (Å²) in [5.41, 5.74) is -0.181. The minimum absolute atomic E-state index is 0.116. The lowest BCUT2D eigenvalue weighted by atomic mass is 9.78. The Bertz CT molecular complexity index is 309. The Balaban J connectivity index is 2.77. The van der Waals surface area contributed by atoms with Gasteiger partial charge in [0.25, 0.3) is 0 Å². The topological polar surface area (TPSA) is 52.6 Å². The maximum absolute atomic E-state index is 11.4. The third-order valence-electron chi connectivity index (χ3n) is 3.89. The Kier molecular flexibility index (Phi) is 4.17. The second-order valence-corrected chi connectivity index (χ2v) is 5.54. The third kappa shape index (κ3) is 2.99. The Morgan fingerprint density at radius 1 is 1.35 bits per heavy atom. The molecule has 1 rings (SSSR count). The molecule has 0 bridgehead atoms. The van der Waals surface area contributed by atoms with Crippen LogP contribution in [0.15, 0.2) is 0 Å². The van der Waals surface area contributed by atoms with Crippen LogP contribution in [0.25, 0.3) is 0 Å². The van der Waals surface area contributed by atoms with E-state index in [1.165, 1.54) is 14.0 Å².